The van der Waals surface area contributed by atoms with Crippen molar-refractivity contribution in [3.63, 3.8) is 0 Å². The second-order valence-corrected chi connectivity index (χ2v) is 0.604. The van der Waals surface area contributed by atoms with E-state index in [1.807, 2.05) is 0 Å². The lowest BCUT2D eigenvalue weighted by molar-refractivity contribution is 0.762. The number of rotatable bonds is 2. The Labute approximate surface area is 54.0 Å². The molecule has 6 heavy (non-hydrogen) atoms. The summed E-state index contributed by atoms with van der Waals surface area (Å²) in [6, 6.07) is 0. The molecular formula is C4H12ClN. The fourth-order valence-corrected chi connectivity index (χ4v) is 0.0625. The third-order valence-corrected chi connectivity index (χ3v) is 0.250. The van der Waals surface area contributed by atoms with Gasteiger partial charge in [0.2, 0.25) is 0 Å². The summed E-state index contributed by atoms with van der Waals surface area (Å²) in [4.78, 5) is 0. The summed E-state index contributed by atoms with van der Waals surface area (Å²) in [5.74, 6) is 0. The molecule has 0 aromatic rings. The van der Waals surface area contributed by atoms with E-state index in [0.29, 0.717) is 0 Å². The number of hydrogen-bond donors (Lipinski definition) is 1. The maximum atomic E-state index is 6.73. The first-order valence-corrected chi connectivity index (χ1v) is 1.41. The van der Waals surface area contributed by atoms with Gasteiger partial charge in [0.25, 0.3) is 0 Å². The Morgan fingerprint density at radius 3 is 2.33 bits per heavy atom. The van der Waals surface area contributed by atoms with Gasteiger partial charge in [-0.25, -0.2) is 0 Å². The smallest absolute Gasteiger partial charge is 0.0243 e. The summed E-state index contributed by atoms with van der Waals surface area (Å²) in [5.41, 5.74) is 0. The van der Waals surface area contributed by atoms with Crippen LogP contribution in [-0.4, -0.2) is 13.1 Å². The summed E-state index contributed by atoms with van der Waals surface area (Å²) in [6.45, 7) is -4.70. The van der Waals surface area contributed by atoms with Gasteiger partial charge in [-0.05, 0) is 13.1 Å². The van der Waals surface area contributed by atoms with Crippen LogP contribution in [0.2, 0.25) is 0 Å². The molecule has 0 fully saturated rings. The molecule has 0 radical (unpaired) electrons. The van der Waals surface area contributed by atoms with Crippen LogP contribution in [0.25, 0.3) is 0 Å². The van der Waals surface area contributed by atoms with E-state index < -0.39 is 13.7 Å². The second-order valence-electron chi connectivity index (χ2n) is 0.604. The van der Waals surface area contributed by atoms with Crippen molar-refractivity contribution in [1.82, 2.24) is 5.32 Å². The quantitative estimate of drug-likeness (QED) is 0.567. The maximum Gasteiger partial charge on any atom is 0.0243 e. The van der Waals surface area contributed by atoms with Gasteiger partial charge in [-0.15, -0.1) is 12.4 Å². The highest BCUT2D eigenvalue weighted by Gasteiger charge is 1.62. The molecular weight excluding hydrogens is 97.5 g/mol. The molecule has 0 amide bonds. The monoisotopic (exact) mass is 115 g/mol. The van der Waals surface area contributed by atoms with Gasteiger partial charge in [0.15, 0.2) is 0 Å². The topological polar surface area (TPSA) is 12.0 Å². The minimum Gasteiger partial charge on any atom is -0.317 e. The van der Waals surface area contributed by atoms with Gasteiger partial charge >= 0.3 is 0 Å². The van der Waals surface area contributed by atoms with Crippen molar-refractivity contribution < 1.29 is 8.22 Å². The Balaban J connectivity index is 0. The molecule has 0 aliphatic rings. The number of hydrogen-bond acceptors (Lipinski definition) is 1. The lowest BCUT2D eigenvalue weighted by Gasteiger charge is -1.86. The van der Waals surface area contributed by atoms with Crippen LogP contribution < -0.4 is 5.32 Å². The highest BCUT2D eigenvalue weighted by molar-refractivity contribution is 5.85. The van der Waals surface area contributed by atoms with Crippen LogP contribution in [0.3, 0.4) is 0 Å². The van der Waals surface area contributed by atoms with E-state index in [2.05, 4.69) is 5.32 Å². The lowest BCUT2D eigenvalue weighted by Crippen LogP contribution is -2.09. The van der Waals surface area contributed by atoms with Crippen LogP contribution >= 0.6 is 12.4 Å². The largest absolute Gasteiger partial charge is 0.317 e. The van der Waals surface area contributed by atoms with Crippen molar-refractivity contribution in [3.05, 3.63) is 0 Å². The summed E-state index contributed by atoms with van der Waals surface area (Å²) in [7, 11) is 0. The number of halogens is 1. The predicted octanol–water partition coefficient (Wildman–Crippen LogP) is 1.04. The molecule has 0 spiro atoms. The molecule has 0 saturated carbocycles. The van der Waals surface area contributed by atoms with E-state index in [1.165, 1.54) is 0 Å². The normalized spacial score (nSPS) is 26.0. The Morgan fingerprint density at radius 1 is 1.50 bits per heavy atom. The van der Waals surface area contributed by atoms with Crippen LogP contribution in [0.1, 0.15) is 21.9 Å². The van der Waals surface area contributed by atoms with Crippen LogP contribution in [-0.2, 0) is 0 Å². The third-order valence-electron chi connectivity index (χ3n) is 0.250. The molecule has 0 aromatic carbocycles. The molecule has 0 unspecified atom stereocenters. The lowest BCUT2D eigenvalue weighted by atomic mass is 10.7. The minimum atomic E-state index is -2.09. The van der Waals surface area contributed by atoms with Crippen molar-refractivity contribution in [2.75, 3.05) is 13.1 Å². The van der Waals surface area contributed by atoms with Crippen molar-refractivity contribution in [2.24, 2.45) is 0 Å². The molecule has 0 aromatic heterocycles. The minimum absolute atomic E-state index is 0. The molecule has 40 valence electrons. The van der Waals surface area contributed by atoms with E-state index in [1.54, 1.807) is 0 Å². The van der Waals surface area contributed by atoms with Gasteiger partial charge in [-0.1, -0.05) is 13.7 Å². The zero-order chi connectivity index (χ0) is 9.12. The van der Waals surface area contributed by atoms with Crippen LogP contribution in [0, 0.1) is 0 Å². The Bertz CT molecular complexity index is 104. The van der Waals surface area contributed by atoms with Gasteiger partial charge in [-0.3, -0.25) is 0 Å². The first kappa shape index (κ1) is 1.64. The van der Waals surface area contributed by atoms with Crippen LogP contribution in [0.15, 0.2) is 0 Å². The molecule has 0 heterocycles. The van der Waals surface area contributed by atoms with Crippen molar-refractivity contribution >= 4 is 12.4 Å². The fraction of sp³-hybridized carbons (Fsp3) is 1.00. The van der Waals surface area contributed by atoms with E-state index in [4.69, 9.17) is 8.22 Å². The summed E-state index contributed by atoms with van der Waals surface area (Å²) in [6.07, 6.45) is 0. The Hall–Kier alpha value is 0.250. The van der Waals surface area contributed by atoms with E-state index in [-0.39, 0.29) is 25.5 Å². The molecule has 1 N–H and O–H groups in total. The highest BCUT2D eigenvalue weighted by Crippen LogP contribution is 1.47. The van der Waals surface area contributed by atoms with Gasteiger partial charge in [-0.2, -0.15) is 0 Å². The molecule has 0 saturated heterocycles. The van der Waals surface area contributed by atoms with Crippen LogP contribution in [0.4, 0.5) is 0 Å². The van der Waals surface area contributed by atoms with Crippen molar-refractivity contribution in [3.8, 4) is 0 Å². The summed E-state index contributed by atoms with van der Waals surface area (Å²) in [5, 5.41) is 2.34. The molecule has 0 atom stereocenters. The molecule has 0 aliphatic heterocycles. The molecule has 2 heteroatoms. The SMILES string of the molecule is Cl.[2H]C([2H])([2H])CNCC([2H])([2H])[2H]. The third kappa shape index (κ3) is 8.87. The highest BCUT2D eigenvalue weighted by atomic mass is 35.5. The Kier molecular flexibility index (Phi) is 2.45. The van der Waals surface area contributed by atoms with Gasteiger partial charge in [0, 0.05) is 8.22 Å². The zero-order valence-corrected chi connectivity index (χ0v) is 4.14. The molecule has 1 nitrogen and oxygen atoms in total. The predicted molar refractivity (Wildman–Crippen MR) is 31.5 cm³/mol. The van der Waals surface area contributed by atoms with Gasteiger partial charge in [0.1, 0.15) is 0 Å². The average molecular weight is 116 g/mol. The van der Waals surface area contributed by atoms with Crippen molar-refractivity contribution in [2.45, 2.75) is 13.7 Å². The first-order chi connectivity index (χ1) is 4.71. The maximum absolute atomic E-state index is 6.73. The van der Waals surface area contributed by atoms with E-state index in [0.717, 1.165) is 0 Å². The zero-order valence-electron chi connectivity index (χ0n) is 9.32. The average Bonchev–Trinajstić information content (AvgIpc) is 1.55. The standard InChI is InChI=1S/C4H11N.ClH/c1-3-5-4-2;/h5H,3-4H2,1-2H3;1H/i1D3,2D3;. The molecule has 0 aliphatic carbocycles. The first-order valence-electron chi connectivity index (χ1n) is 4.41. The van der Waals surface area contributed by atoms with Crippen molar-refractivity contribution in [1.29, 1.82) is 0 Å². The second kappa shape index (κ2) is 8.98. The van der Waals surface area contributed by atoms with E-state index in [9.17, 15) is 0 Å². The van der Waals surface area contributed by atoms with Gasteiger partial charge < -0.3 is 5.32 Å². The summed E-state index contributed by atoms with van der Waals surface area (Å²) < 4.78 is 40.4. The van der Waals surface area contributed by atoms with Crippen LogP contribution in [0.5, 0.6) is 0 Å². The summed E-state index contributed by atoms with van der Waals surface area (Å²) >= 11 is 0. The molecule has 0 bridgehead atoms. The fourth-order valence-electron chi connectivity index (χ4n) is 0.0625. The Morgan fingerprint density at radius 2 is 2.00 bits per heavy atom. The number of nitrogens with one attached hydrogen (secondary N) is 1. The van der Waals surface area contributed by atoms with E-state index >= 15 is 0 Å². The molecule has 0 rings (SSSR count). The van der Waals surface area contributed by atoms with Gasteiger partial charge in [0.05, 0.1) is 0 Å².